The maximum atomic E-state index is 10.5. The molecular formula is C6H11NO4. The first kappa shape index (κ1) is 9.74. The van der Waals surface area contributed by atoms with Crippen LogP contribution in [0.3, 0.4) is 0 Å². The highest BCUT2D eigenvalue weighted by Crippen LogP contribution is 1.77. The zero-order chi connectivity index (χ0) is 8.53. The zero-order valence-corrected chi connectivity index (χ0v) is 6.33. The van der Waals surface area contributed by atoms with Crippen LogP contribution in [0, 0.1) is 0 Å². The molecule has 1 N–H and O–H groups in total. The number of ether oxygens (including phenoxy) is 2. The Kier molecular flexibility index (Phi) is 6.07. The molecule has 0 heterocycles. The van der Waals surface area contributed by atoms with E-state index in [2.05, 4.69) is 14.8 Å². The van der Waals surface area contributed by atoms with Crippen molar-refractivity contribution in [1.82, 2.24) is 5.32 Å². The van der Waals surface area contributed by atoms with Gasteiger partial charge in [-0.15, -0.1) is 0 Å². The third-order valence-electron chi connectivity index (χ3n) is 0.823. The van der Waals surface area contributed by atoms with Crippen LogP contribution in [-0.2, 0) is 14.3 Å². The number of carbonyl (C=O) groups excluding carboxylic acids is 2. The van der Waals surface area contributed by atoms with E-state index in [0.29, 0.717) is 13.0 Å². The van der Waals surface area contributed by atoms with Gasteiger partial charge in [-0.1, -0.05) is 0 Å². The topological polar surface area (TPSA) is 64.6 Å². The monoisotopic (exact) mass is 161 g/mol. The van der Waals surface area contributed by atoms with Crippen molar-refractivity contribution >= 4 is 12.6 Å². The van der Waals surface area contributed by atoms with E-state index in [-0.39, 0.29) is 13.2 Å². The standard InChI is InChI=1S/C6H11NO4/c1-2-7-6(9)11-4-3-10-5-8/h5H,2-4H2,1H3,(H,7,9). The lowest BCUT2D eigenvalue weighted by atomic mass is 10.7. The summed E-state index contributed by atoms with van der Waals surface area (Å²) < 4.78 is 8.83. The Balaban J connectivity index is 3.10. The maximum Gasteiger partial charge on any atom is 0.407 e. The number of rotatable bonds is 5. The lowest BCUT2D eigenvalue weighted by Crippen LogP contribution is -2.25. The average molecular weight is 161 g/mol. The van der Waals surface area contributed by atoms with Crippen molar-refractivity contribution in [3.63, 3.8) is 0 Å². The smallest absolute Gasteiger partial charge is 0.407 e. The van der Waals surface area contributed by atoms with Crippen molar-refractivity contribution in [3.05, 3.63) is 0 Å². The SMILES string of the molecule is CCNC(=O)OCCOC=O. The second kappa shape index (κ2) is 6.85. The van der Waals surface area contributed by atoms with Crippen LogP contribution in [0.2, 0.25) is 0 Å². The van der Waals surface area contributed by atoms with Crippen LogP contribution < -0.4 is 5.32 Å². The fraction of sp³-hybridized carbons (Fsp3) is 0.667. The molecule has 0 atom stereocenters. The number of hydrogen-bond acceptors (Lipinski definition) is 4. The Morgan fingerprint density at radius 1 is 1.55 bits per heavy atom. The molecule has 0 aliphatic heterocycles. The van der Waals surface area contributed by atoms with Gasteiger partial charge in [-0.2, -0.15) is 0 Å². The molecule has 0 saturated carbocycles. The highest BCUT2D eigenvalue weighted by molar-refractivity contribution is 5.66. The van der Waals surface area contributed by atoms with Crippen LogP contribution >= 0.6 is 0 Å². The van der Waals surface area contributed by atoms with Crippen molar-refractivity contribution in [2.45, 2.75) is 6.92 Å². The van der Waals surface area contributed by atoms with Crippen LogP contribution in [0.4, 0.5) is 4.79 Å². The van der Waals surface area contributed by atoms with Crippen molar-refractivity contribution < 1.29 is 19.1 Å². The number of nitrogens with one attached hydrogen (secondary N) is 1. The van der Waals surface area contributed by atoms with Crippen LogP contribution in [0.5, 0.6) is 0 Å². The highest BCUT2D eigenvalue weighted by atomic mass is 16.6. The second-order valence-corrected chi connectivity index (χ2v) is 1.63. The molecule has 5 heteroatoms. The number of carbonyl (C=O) groups is 2. The summed E-state index contributed by atoms with van der Waals surface area (Å²) in [6.45, 7) is 2.79. The predicted molar refractivity (Wildman–Crippen MR) is 37.0 cm³/mol. The van der Waals surface area contributed by atoms with Crippen LogP contribution in [0.25, 0.3) is 0 Å². The van der Waals surface area contributed by atoms with Gasteiger partial charge in [0.2, 0.25) is 0 Å². The van der Waals surface area contributed by atoms with E-state index in [9.17, 15) is 9.59 Å². The van der Waals surface area contributed by atoms with E-state index in [1.807, 2.05) is 0 Å². The minimum Gasteiger partial charge on any atom is -0.464 e. The molecule has 0 fully saturated rings. The van der Waals surface area contributed by atoms with E-state index >= 15 is 0 Å². The molecule has 0 aromatic rings. The van der Waals surface area contributed by atoms with Gasteiger partial charge >= 0.3 is 6.09 Å². The first-order valence-corrected chi connectivity index (χ1v) is 3.27. The largest absolute Gasteiger partial charge is 0.464 e. The number of hydrogen-bond donors (Lipinski definition) is 1. The van der Waals surface area contributed by atoms with Gasteiger partial charge < -0.3 is 14.8 Å². The Morgan fingerprint density at radius 2 is 2.27 bits per heavy atom. The van der Waals surface area contributed by atoms with Crippen molar-refractivity contribution in [2.75, 3.05) is 19.8 Å². The minimum atomic E-state index is -0.498. The molecule has 0 aliphatic rings. The quantitative estimate of drug-likeness (QED) is 0.452. The number of amides is 1. The van der Waals surface area contributed by atoms with Gasteiger partial charge in [-0.3, -0.25) is 4.79 Å². The molecule has 5 nitrogen and oxygen atoms in total. The Bertz CT molecular complexity index is 126. The fourth-order valence-electron chi connectivity index (χ4n) is 0.426. The minimum absolute atomic E-state index is 0.0879. The summed E-state index contributed by atoms with van der Waals surface area (Å²) in [7, 11) is 0. The van der Waals surface area contributed by atoms with Crippen LogP contribution in [0.15, 0.2) is 0 Å². The molecule has 0 aliphatic carbocycles. The molecule has 64 valence electrons. The van der Waals surface area contributed by atoms with E-state index < -0.39 is 6.09 Å². The molecule has 0 spiro atoms. The molecule has 0 bridgehead atoms. The molecular weight excluding hydrogens is 150 g/mol. The normalized spacial score (nSPS) is 8.45. The van der Waals surface area contributed by atoms with Gasteiger partial charge in [0.05, 0.1) is 0 Å². The molecule has 0 unspecified atom stereocenters. The van der Waals surface area contributed by atoms with Gasteiger partial charge in [0.1, 0.15) is 13.2 Å². The molecule has 0 rings (SSSR count). The van der Waals surface area contributed by atoms with Crippen LogP contribution in [0.1, 0.15) is 6.92 Å². The first-order valence-electron chi connectivity index (χ1n) is 3.27. The lowest BCUT2D eigenvalue weighted by Gasteiger charge is -2.02. The van der Waals surface area contributed by atoms with E-state index in [4.69, 9.17) is 0 Å². The Hall–Kier alpha value is -1.26. The Morgan fingerprint density at radius 3 is 2.82 bits per heavy atom. The van der Waals surface area contributed by atoms with E-state index in [1.54, 1.807) is 6.92 Å². The third-order valence-corrected chi connectivity index (χ3v) is 0.823. The fourth-order valence-corrected chi connectivity index (χ4v) is 0.426. The molecule has 0 aromatic heterocycles. The van der Waals surface area contributed by atoms with E-state index in [1.165, 1.54) is 0 Å². The highest BCUT2D eigenvalue weighted by Gasteiger charge is 1.96. The summed E-state index contributed by atoms with van der Waals surface area (Å²) in [5.74, 6) is 0. The molecule has 0 radical (unpaired) electrons. The third kappa shape index (κ3) is 6.63. The summed E-state index contributed by atoms with van der Waals surface area (Å²) in [5.41, 5.74) is 0. The molecule has 0 saturated heterocycles. The van der Waals surface area contributed by atoms with Gasteiger partial charge in [0.15, 0.2) is 0 Å². The lowest BCUT2D eigenvalue weighted by molar-refractivity contribution is -0.129. The summed E-state index contributed by atoms with van der Waals surface area (Å²) in [5, 5.41) is 2.42. The van der Waals surface area contributed by atoms with Crippen molar-refractivity contribution in [2.24, 2.45) is 0 Å². The maximum absolute atomic E-state index is 10.5. The van der Waals surface area contributed by atoms with Crippen LogP contribution in [-0.4, -0.2) is 32.3 Å². The molecule has 1 amide bonds. The zero-order valence-electron chi connectivity index (χ0n) is 6.33. The Labute approximate surface area is 64.7 Å². The van der Waals surface area contributed by atoms with Gasteiger partial charge in [0.25, 0.3) is 6.47 Å². The molecule has 11 heavy (non-hydrogen) atoms. The second-order valence-electron chi connectivity index (χ2n) is 1.63. The van der Waals surface area contributed by atoms with Gasteiger partial charge in [-0.25, -0.2) is 4.79 Å². The van der Waals surface area contributed by atoms with Gasteiger partial charge in [-0.05, 0) is 6.92 Å². The summed E-state index contributed by atoms with van der Waals surface area (Å²) in [4.78, 5) is 20.1. The van der Waals surface area contributed by atoms with Crippen molar-refractivity contribution in [1.29, 1.82) is 0 Å². The van der Waals surface area contributed by atoms with Gasteiger partial charge in [0, 0.05) is 6.54 Å². The van der Waals surface area contributed by atoms with E-state index in [0.717, 1.165) is 0 Å². The molecule has 0 aromatic carbocycles. The average Bonchev–Trinajstić information content (AvgIpc) is 1.99. The summed E-state index contributed by atoms with van der Waals surface area (Å²) in [6, 6.07) is 0. The first-order chi connectivity index (χ1) is 5.31. The predicted octanol–water partition coefficient (Wildman–Crippen LogP) is -0.0945. The summed E-state index contributed by atoms with van der Waals surface area (Å²) >= 11 is 0. The summed E-state index contributed by atoms with van der Waals surface area (Å²) in [6.07, 6.45) is -0.498. The van der Waals surface area contributed by atoms with Crippen molar-refractivity contribution in [3.8, 4) is 0 Å². The number of alkyl carbamates (subject to hydrolysis) is 1.